The smallest absolute Gasteiger partial charge is 0.303 e. The lowest BCUT2D eigenvalue weighted by atomic mass is 10.1. The van der Waals surface area contributed by atoms with Gasteiger partial charge in [-0.2, -0.15) is 0 Å². The molecule has 1 atom stereocenters. The number of aliphatic hydroxyl groups excluding tert-OH is 1. The second kappa shape index (κ2) is 4.85. The first-order chi connectivity index (χ1) is 8.06. The fraction of sp³-hybridized carbons (Fsp3) is 0.308. The summed E-state index contributed by atoms with van der Waals surface area (Å²) in [5, 5.41) is 19.2. The van der Waals surface area contributed by atoms with Crippen molar-refractivity contribution < 1.29 is 15.0 Å². The highest BCUT2D eigenvalue weighted by atomic mass is 32.1. The number of carboxylic acid groups (broad SMARTS) is 1. The molecule has 0 fully saturated rings. The molecule has 1 unspecified atom stereocenters. The molecule has 0 aliphatic heterocycles. The summed E-state index contributed by atoms with van der Waals surface area (Å²) in [6, 6.07) is 7.86. The van der Waals surface area contributed by atoms with Gasteiger partial charge in [0.1, 0.15) is 0 Å². The molecule has 90 valence electrons. The summed E-state index contributed by atoms with van der Waals surface area (Å²) in [4.78, 5) is 11.6. The van der Waals surface area contributed by atoms with Crippen LogP contribution in [0.5, 0.6) is 0 Å². The molecule has 17 heavy (non-hydrogen) atoms. The lowest BCUT2D eigenvalue weighted by Gasteiger charge is -2.03. The summed E-state index contributed by atoms with van der Waals surface area (Å²) in [6.07, 6.45) is 0.262. The maximum Gasteiger partial charge on any atom is 0.303 e. The van der Waals surface area contributed by atoms with E-state index in [1.54, 1.807) is 18.3 Å². The standard InChI is InChI=1S/C13H14O3S/c1-8(14)9-2-3-10-6-11(4-5-13(15)16)17-12(10)7-9/h2-3,6-8,14H,4-5H2,1H3,(H,15,16). The molecular weight excluding hydrogens is 236 g/mol. The third kappa shape index (κ3) is 2.84. The molecule has 1 heterocycles. The maximum absolute atomic E-state index is 10.5. The van der Waals surface area contributed by atoms with Gasteiger partial charge in [0, 0.05) is 9.58 Å². The molecule has 0 radical (unpaired) electrons. The van der Waals surface area contributed by atoms with Crippen molar-refractivity contribution in [3.63, 3.8) is 0 Å². The Morgan fingerprint density at radius 3 is 2.82 bits per heavy atom. The summed E-state index contributed by atoms with van der Waals surface area (Å²) in [5.74, 6) is -0.771. The van der Waals surface area contributed by atoms with Gasteiger partial charge < -0.3 is 10.2 Å². The first-order valence-electron chi connectivity index (χ1n) is 5.48. The van der Waals surface area contributed by atoms with Gasteiger partial charge in [-0.25, -0.2) is 0 Å². The minimum atomic E-state index is -0.771. The molecule has 0 aliphatic rings. The molecule has 0 amide bonds. The fourth-order valence-electron chi connectivity index (χ4n) is 1.72. The van der Waals surface area contributed by atoms with Crippen LogP contribution in [0.25, 0.3) is 10.1 Å². The molecule has 1 aromatic carbocycles. The van der Waals surface area contributed by atoms with Crippen LogP contribution in [0.3, 0.4) is 0 Å². The Kier molecular flexibility index (Phi) is 3.45. The number of benzene rings is 1. The largest absolute Gasteiger partial charge is 0.481 e. The van der Waals surface area contributed by atoms with E-state index in [9.17, 15) is 9.90 Å². The lowest BCUT2D eigenvalue weighted by molar-refractivity contribution is -0.136. The van der Waals surface area contributed by atoms with Crippen LogP contribution in [0.4, 0.5) is 0 Å². The van der Waals surface area contributed by atoms with Crippen LogP contribution in [0, 0.1) is 0 Å². The van der Waals surface area contributed by atoms with Crippen LogP contribution in [0.15, 0.2) is 24.3 Å². The number of thiophene rings is 1. The van der Waals surface area contributed by atoms with E-state index in [1.807, 2.05) is 24.3 Å². The number of carbonyl (C=O) groups is 1. The van der Waals surface area contributed by atoms with Crippen molar-refractivity contribution in [1.82, 2.24) is 0 Å². The van der Waals surface area contributed by atoms with Crippen molar-refractivity contribution in [2.45, 2.75) is 25.9 Å². The van der Waals surface area contributed by atoms with E-state index in [-0.39, 0.29) is 6.42 Å². The summed E-state index contributed by atoms with van der Waals surface area (Å²) < 4.78 is 1.10. The highest BCUT2D eigenvalue weighted by Gasteiger charge is 2.07. The molecule has 0 saturated heterocycles. The molecule has 0 bridgehead atoms. The zero-order chi connectivity index (χ0) is 12.4. The molecular formula is C13H14O3S. The normalized spacial score (nSPS) is 12.8. The summed E-state index contributed by atoms with van der Waals surface area (Å²) in [5.41, 5.74) is 0.893. The number of aryl methyl sites for hydroxylation is 1. The zero-order valence-electron chi connectivity index (χ0n) is 9.51. The van der Waals surface area contributed by atoms with Crippen molar-refractivity contribution in [3.8, 4) is 0 Å². The molecule has 3 nitrogen and oxygen atoms in total. The minimum Gasteiger partial charge on any atom is -0.481 e. The molecule has 0 aliphatic carbocycles. The van der Waals surface area contributed by atoms with Crippen LogP contribution < -0.4 is 0 Å². The number of fused-ring (bicyclic) bond motifs is 1. The summed E-state index contributed by atoms with van der Waals surface area (Å²) in [6.45, 7) is 1.74. The number of aliphatic carboxylic acids is 1. The van der Waals surface area contributed by atoms with Gasteiger partial charge in [0.2, 0.25) is 0 Å². The van der Waals surface area contributed by atoms with E-state index in [4.69, 9.17) is 5.11 Å². The molecule has 4 heteroatoms. The van der Waals surface area contributed by atoms with Crippen LogP contribution in [-0.4, -0.2) is 16.2 Å². The van der Waals surface area contributed by atoms with Gasteiger partial charge >= 0.3 is 5.97 Å². The van der Waals surface area contributed by atoms with E-state index < -0.39 is 12.1 Å². The molecule has 2 rings (SSSR count). The average Bonchev–Trinajstić information content (AvgIpc) is 2.67. The Hall–Kier alpha value is -1.39. The number of carboxylic acids is 1. The Morgan fingerprint density at radius 1 is 1.41 bits per heavy atom. The van der Waals surface area contributed by atoms with Crippen molar-refractivity contribution in [2.75, 3.05) is 0 Å². The first-order valence-corrected chi connectivity index (χ1v) is 6.30. The van der Waals surface area contributed by atoms with E-state index in [0.717, 1.165) is 20.5 Å². The highest BCUT2D eigenvalue weighted by Crippen LogP contribution is 2.29. The van der Waals surface area contributed by atoms with Gasteiger partial charge in [0.15, 0.2) is 0 Å². The Balaban J connectivity index is 2.27. The van der Waals surface area contributed by atoms with Gasteiger partial charge in [-0.1, -0.05) is 12.1 Å². The van der Waals surface area contributed by atoms with Gasteiger partial charge in [0.05, 0.1) is 12.5 Å². The predicted octanol–water partition coefficient (Wildman–Crippen LogP) is 2.97. The number of hydrogen-bond acceptors (Lipinski definition) is 3. The van der Waals surface area contributed by atoms with Crippen LogP contribution in [0.1, 0.15) is 29.9 Å². The molecule has 0 saturated carbocycles. The monoisotopic (exact) mass is 250 g/mol. The maximum atomic E-state index is 10.5. The first kappa shape index (κ1) is 12.1. The third-order valence-corrected chi connectivity index (χ3v) is 3.82. The van der Waals surface area contributed by atoms with E-state index >= 15 is 0 Å². The Morgan fingerprint density at radius 2 is 2.18 bits per heavy atom. The number of rotatable bonds is 4. The van der Waals surface area contributed by atoms with Crippen molar-refractivity contribution >= 4 is 27.4 Å². The third-order valence-electron chi connectivity index (χ3n) is 2.66. The van der Waals surface area contributed by atoms with Gasteiger partial charge in [-0.05, 0) is 36.4 Å². The van der Waals surface area contributed by atoms with E-state index in [1.165, 1.54) is 0 Å². The van der Waals surface area contributed by atoms with Gasteiger partial charge in [-0.3, -0.25) is 4.79 Å². The molecule has 2 aromatic rings. The lowest BCUT2D eigenvalue weighted by Crippen LogP contribution is -1.95. The molecule has 0 spiro atoms. The van der Waals surface area contributed by atoms with Crippen molar-refractivity contribution in [3.05, 3.63) is 34.7 Å². The second-order valence-electron chi connectivity index (χ2n) is 4.08. The molecule has 2 N–H and O–H groups in total. The average molecular weight is 250 g/mol. The predicted molar refractivity (Wildman–Crippen MR) is 68.4 cm³/mol. The second-order valence-corrected chi connectivity index (χ2v) is 5.25. The summed E-state index contributed by atoms with van der Waals surface area (Å²) in [7, 11) is 0. The Labute approximate surface area is 103 Å². The van der Waals surface area contributed by atoms with Crippen LogP contribution >= 0.6 is 11.3 Å². The van der Waals surface area contributed by atoms with Crippen molar-refractivity contribution in [1.29, 1.82) is 0 Å². The molecule has 1 aromatic heterocycles. The topological polar surface area (TPSA) is 57.5 Å². The fourth-order valence-corrected chi connectivity index (χ4v) is 2.83. The number of hydrogen-bond donors (Lipinski definition) is 2. The van der Waals surface area contributed by atoms with Gasteiger partial charge in [-0.15, -0.1) is 11.3 Å². The van der Waals surface area contributed by atoms with E-state index in [2.05, 4.69) is 0 Å². The van der Waals surface area contributed by atoms with E-state index in [0.29, 0.717) is 6.42 Å². The quantitative estimate of drug-likeness (QED) is 0.877. The summed E-state index contributed by atoms with van der Waals surface area (Å²) >= 11 is 1.60. The Bertz CT molecular complexity index is 543. The van der Waals surface area contributed by atoms with Crippen LogP contribution in [-0.2, 0) is 11.2 Å². The van der Waals surface area contributed by atoms with Crippen molar-refractivity contribution in [2.24, 2.45) is 0 Å². The van der Waals surface area contributed by atoms with Gasteiger partial charge in [0.25, 0.3) is 0 Å². The SMILES string of the molecule is CC(O)c1ccc2cc(CCC(=O)O)sc2c1. The zero-order valence-corrected chi connectivity index (χ0v) is 10.3. The highest BCUT2D eigenvalue weighted by molar-refractivity contribution is 7.19. The number of aliphatic hydroxyl groups is 1. The van der Waals surface area contributed by atoms with Crippen LogP contribution in [0.2, 0.25) is 0 Å². The minimum absolute atomic E-state index is 0.163.